The maximum Gasteiger partial charge on any atom is 0.407 e. The first-order valence-electron chi connectivity index (χ1n) is 9.09. The van der Waals surface area contributed by atoms with Gasteiger partial charge < -0.3 is 25.4 Å². The highest BCUT2D eigenvalue weighted by Gasteiger charge is 2.21. The van der Waals surface area contributed by atoms with Crippen molar-refractivity contribution < 1.29 is 29.6 Å². The second-order valence-electron chi connectivity index (χ2n) is 6.34. The van der Waals surface area contributed by atoms with E-state index in [2.05, 4.69) is 5.32 Å². The number of rotatable bonds is 9. The van der Waals surface area contributed by atoms with Gasteiger partial charge in [-0.1, -0.05) is 43.3 Å². The second kappa shape index (κ2) is 10.4. The van der Waals surface area contributed by atoms with Crippen LogP contribution in [0, 0.1) is 0 Å². The lowest BCUT2D eigenvalue weighted by Gasteiger charge is -2.19. The number of amides is 1. The summed E-state index contributed by atoms with van der Waals surface area (Å²) in [6, 6.07) is 13.4. The third kappa shape index (κ3) is 6.07. The standard InChI is InChI=1S/C21H25NO6/c1-2-17(23)16-12-15(8-9-18(16)24)20(26)19(25)10-11-22-21(27)28-13-14-6-4-3-5-7-14/h3-9,12,19-20,24-26H,2,10-11,13H2,1H3,(H,22,27). The highest BCUT2D eigenvalue weighted by atomic mass is 16.5. The largest absolute Gasteiger partial charge is 0.507 e. The van der Waals surface area contributed by atoms with E-state index >= 15 is 0 Å². The number of carbonyl (C=O) groups excluding carboxylic acids is 2. The molecule has 0 radical (unpaired) electrons. The van der Waals surface area contributed by atoms with Crippen molar-refractivity contribution in [1.82, 2.24) is 5.32 Å². The molecule has 1 amide bonds. The third-order valence-electron chi connectivity index (χ3n) is 4.27. The van der Waals surface area contributed by atoms with E-state index in [1.807, 2.05) is 30.3 Å². The van der Waals surface area contributed by atoms with E-state index in [4.69, 9.17) is 4.74 Å². The Labute approximate surface area is 163 Å². The molecule has 2 atom stereocenters. The number of alkyl carbamates (subject to hydrolysis) is 1. The van der Waals surface area contributed by atoms with Crippen molar-refractivity contribution in [2.45, 2.75) is 38.6 Å². The number of aromatic hydroxyl groups is 1. The fraction of sp³-hybridized carbons (Fsp3) is 0.333. The Morgan fingerprint density at radius 1 is 1.11 bits per heavy atom. The van der Waals surface area contributed by atoms with Crippen LogP contribution in [0.5, 0.6) is 5.75 Å². The minimum Gasteiger partial charge on any atom is -0.507 e. The Morgan fingerprint density at radius 3 is 2.50 bits per heavy atom. The van der Waals surface area contributed by atoms with Crippen LogP contribution in [0.25, 0.3) is 0 Å². The third-order valence-corrected chi connectivity index (χ3v) is 4.27. The molecule has 0 aliphatic heterocycles. The van der Waals surface area contributed by atoms with E-state index in [-0.39, 0.29) is 43.1 Å². The fourth-order valence-electron chi connectivity index (χ4n) is 2.63. The summed E-state index contributed by atoms with van der Waals surface area (Å²) in [7, 11) is 0. The summed E-state index contributed by atoms with van der Waals surface area (Å²) in [6.45, 7) is 1.91. The number of ketones is 1. The van der Waals surface area contributed by atoms with Crippen LogP contribution >= 0.6 is 0 Å². The average Bonchev–Trinajstić information content (AvgIpc) is 2.72. The van der Waals surface area contributed by atoms with Crippen LogP contribution < -0.4 is 5.32 Å². The molecule has 0 spiro atoms. The Kier molecular flexibility index (Phi) is 7.98. The smallest absolute Gasteiger partial charge is 0.407 e. The molecule has 0 saturated heterocycles. The van der Waals surface area contributed by atoms with Crippen molar-refractivity contribution in [1.29, 1.82) is 0 Å². The molecule has 150 valence electrons. The SMILES string of the molecule is CCC(=O)c1cc(C(O)C(O)CCNC(=O)OCc2ccccc2)ccc1O. The molecule has 0 heterocycles. The van der Waals surface area contributed by atoms with Gasteiger partial charge in [-0.05, 0) is 29.7 Å². The molecule has 7 nitrogen and oxygen atoms in total. The molecule has 0 aromatic heterocycles. The molecular formula is C21H25NO6. The van der Waals surface area contributed by atoms with Gasteiger partial charge in [0.1, 0.15) is 18.5 Å². The highest BCUT2D eigenvalue weighted by molar-refractivity contribution is 5.98. The molecule has 0 fully saturated rings. The van der Waals surface area contributed by atoms with Gasteiger partial charge in [-0.15, -0.1) is 0 Å². The van der Waals surface area contributed by atoms with E-state index in [9.17, 15) is 24.9 Å². The van der Waals surface area contributed by atoms with Gasteiger partial charge in [0.25, 0.3) is 0 Å². The summed E-state index contributed by atoms with van der Waals surface area (Å²) in [5.74, 6) is -0.427. The molecule has 2 rings (SSSR count). The molecule has 7 heteroatoms. The quantitative estimate of drug-likeness (QED) is 0.492. The maximum atomic E-state index is 11.8. The first-order chi connectivity index (χ1) is 13.4. The molecule has 0 aliphatic rings. The van der Waals surface area contributed by atoms with Crippen LogP contribution in [0.2, 0.25) is 0 Å². The number of aliphatic hydroxyl groups is 2. The van der Waals surface area contributed by atoms with Crippen molar-refractivity contribution >= 4 is 11.9 Å². The zero-order valence-corrected chi connectivity index (χ0v) is 15.7. The normalized spacial score (nSPS) is 12.8. The Bertz CT molecular complexity index is 793. The van der Waals surface area contributed by atoms with E-state index in [0.29, 0.717) is 5.56 Å². The van der Waals surface area contributed by atoms with Crippen LogP contribution in [-0.2, 0) is 11.3 Å². The van der Waals surface area contributed by atoms with Gasteiger partial charge >= 0.3 is 6.09 Å². The molecule has 0 aliphatic carbocycles. The lowest BCUT2D eigenvalue weighted by atomic mass is 9.97. The number of ether oxygens (including phenoxy) is 1. The number of Topliss-reactive ketones (excluding diaryl/α,β-unsaturated/α-hetero) is 1. The van der Waals surface area contributed by atoms with Crippen molar-refractivity contribution in [2.24, 2.45) is 0 Å². The van der Waals surface area contributed by atoms with Gasteiger partial charge in [-0.3, -0.25) is 4.79 Å². The minimum absolute atomic E-state index is 0.0829. The van der Waals surface area contributed by atoms with Crippen LogP contribution in [0.15, 0.2) is 48.5 Å². The van der Waals surface area contributed by atoms with E-state index in [0.717, 1.165) is 5.56 Å². The number of hydrogen-bond acceptors (Lipinski definition) is 6. The van der Waals surface area contributed by atoms with Crippen molar-refractivity contribution in [2.75, 3.05) is 6.54 Å². The minimum atomic E-state index is -1.26. The summed E-state index contributed by atoms with van der Waals surface area (Å²) >= 11 is 0. The van der Waals surface area contributed by atoms with Crippen molar-refractivity contribution in [3.63, 3.8) is 0 Å². The predicted molar refractivity (Wildman–Crippen MR) is 103 cm³/mol. The molecule has 28 heavy (non-hydrogen) atoms. The number of benzene rings is 2. The van der Waals surface area contributed by atoms with Crippen LogP contribution in [0.1, 0.15) is 47.4 Å². The Hall–Kier alpha value is -2.90. The zero-order chi connectivity index (χ0) is 20.5. The second-order valence-corrected chi connectivity index (χ2v) is 6.34. The molecular weight excluding hydrogens is 362 g/mol. The number of aliphatic hydroxyl groups excluding tert-OH is 2. The molecule has 0 bridgehead atoms. The van der Waals surface area contributed by atoms with Crippen LogP contribution in [-0.4, -0.2) is 39.8 Å². The number of carbonyl (C=O) groups is 2. The van der Waals surface area contributed by atoms with Crippen LogP contribution in [0.4, 0.5) is 4.79 Å². The molecule has 2 aromatic rings. The van der Waals surface area contributed by atoms with Gasteiger partial charge in [-0.2, -0.15) is 0 Å². The van der Waals surface area contributed by atoms with Gasteiger partial charge in [-0.25, -0.2) is 4.79 Å². The Balaban J connectivity index is 1.81. The summed E-state index contributed by atoms with van der Waals surface area (Å²) in [6.07, 6.45) is -2.75. The summed E-state index contributed by atoms with van der Waals surface area (Å²) < 4.78 is 5.06. The van der Waals surface area contributed by atoms with Crippen molar-refractivity contribution in [3.05, 3.63) is 65.2 Å². The average molecular weight is 387 g/mol. The summed E-state index contributed by atoms with van der Waals surface area (Å²) in [5.41, 5.74) is 1.28. The molecule has 2 unspecified atom stereocenters. The number of phenols is 1. The maximum absolute atomic E-state index is 11.8. The topological polar surface area (TPSA) is 116 Å². The fourth-order valence-corrected chi connectivity index (χ4v) is 2.63. The lowest BCUT2D eigenvalue weighted by molar-refractivity contribution is 0.0135. The van der Waals surface area contributed by atoms with E-state index in [1.54, 1.807) is 6.92 Å². The highest BCUT2D eigenvalue weighted by Crippen LogP contribution is 2.26. The van der Waals surface area contributed by atoms with E-state index < -0.39 is 18.3 Å². The molecule has 4 N–H and O–H groups in total. The van der Waals surface area contributed by atoms with E-state index in [1.165, 1.54) is 18.2 Å². The molecule has 2 aromatic carbocycles. The van der Waals surface area contributed by atoms with Crippen molar-refractivity contribution in [3.8, 4) is 5.75 Å². The monoisotopic (exact) mass is 387 g/mol. The lowest BCUT2D eigenvalue weighted by Crippen LogP contribution is -2.29. The number of hydrogen-bond donors (Lipinski definition) is 4. The summed E-state index contributed by atoms with van der Waals surface area (Å²) in [4.78, 5) is 23.5. The van der Waals surface area contributed by atoms with Gasteiger partial charge in [0.2, 0.25) is 0 Å². The number of phenolic OH excluding ortho intramolecular Hbond substituents is 1. The van der Waals surface area contributed by atoms with Gasteiger partial charge in [0, 0.05) is 13.0 Å². The van der Waals surface area contributed by atoms with Gasteiger partial charge in [0.15, 0.2) is 5.78 Å². The first kappa shape index (κ1) is 21.4. The van der Waals surface area contributed by atoms with Gasteiger partial charge in [0.05, 0.1) is 11.7 Å². The molecule has 0 saturated carbocycles. The predicted octanol–water partition coefficient (Wildman–Crippen LogP) is 2.70. The Morgan fingerprint density at radius 2 is 1.82 bits per heavy atom. The zero-order valence-electron chi connectivity index (χ0n) is 15.7. The first-order valence-corrected chi connectivity index (χ1v) is 9.09. The number of nitrogens with one attached hydrogen (secondary N) is 1. The van der Waals surface area contributed by atoms with Crippen LogP contribution in [0.3, 0.4) is 0 Å². The summed E-state index contributed by atoms with van der Waals surface area (Å²) in [5, 5.41) is 32.7.